The lowest BCUT2D eigenvalue weighted by atomic mass is 10.2. The summed E-state index contributed by atoms with van der Waals surface area (Å²) in [6.07, 6.45) is 1.08. The SMILES string of the molecule is COc1ccc(N2C(=O)c3cccnc3C2Nc2ccc(F)c(Cl)c2)cc1. The van der Waals surface area contributed by atoms with Crippen molar-refractivity contribution in [1.82, 2.24) is 4.98 Å². The molecule has 136 valence electrons. The molecule has 1 aliphatic heterocycles. The molecule has 1 N–H and O–H groups in total. The van der Waals surface area contributed by atoms with Gasteiger partial charge in [-0.3, -0.25) is 14.7 Å². The number of ether oxygens (including phenoxy) is 1. The zero-order valence-electron chi connectivity index (χ0n) is 14.3. The summed E-state index contributed by atoms with van der Waals surface area (Å²) in [6, 6.07) is 15.0. The Bertz CT molecular complexity index is 1010. The molecule has 2 heterocycles. The van der Waals surface area contributed by atoms with Gasteiger partial charge >= 0.3 is 0 Å². The number of aromatic nitrogens is 1. The second-order valence-corrected chi connectivity index (χ2v) is 6.39. The minimum atomic E-state index is -0.552. The van der Waals surface area contributed by atoms with Crippen molar-refractivity contribution in [2.45, 2.75) is 6.17 Å². The zero-order chi connectivity index (χ0) is 19.0. The first-order valence-electron chi connectivity index (χ1n) is 8.22. The Labute approximate surface area is 160 Å². The Morgan fingerprint density at radius 3 is 2.67 bits per heavy atom. The maximum atomic E-state index is 13.5. The Hall–Kier alpha value is -3.12. The Balaban J connectivity index is 1.76. The van der Waals surface area contributed by atoms with E-state index in [1.807, 2.05) is 0 Å². The number of carbonyl (C=O) groups excluding carboxylic acids is 1. The van der Waals surface area contributed by atoms with Gasteiger partial charge in [-0.1, -0.05) is 11.6 Å². The van der Waals surface area contributed by atoms with Crippen LogP contribution in [0.4, 0.5) is 15.8 Å². The molecule has 4 rings (SSSR count). The molecule has 1 unspecified atom stereocenters. The highest BCUT2D eigenvalue weighted by atomic mass is 35.5. The molecule has 1 atom stereocenters. The second-order valence-electron chi connectivity index (χ2n) is 5.99. The number of methoxy groups -OCH3 is 1. The van der Waals surface area contributed by atoms with Crippen LogP contribution in [0.2, 0.25) is 5.02 Å². The Morgan fingerprint density at radius 1 is 1.19 bits per heavy atom. The number of hydrogen-bond acceptors (Lipinski definition) is 4. The number of anilines is 2. The summed E-state index contributed by atoms with van der Waals surface area (Å²) < 4.78 is 18.7. The van der Waals surface area contributed by atoms with E-state index in [0.29, 0.717) is 28.4 Å². The molecular weight excluding hydrogens is 369 g/mol. The van der Waals surface area contributed by atoms with Gasteiger partial charge in [-0.25, -0.2) is 4.39 Å². The van der Waals surface area contributed by atoms with Crippen molar-refractivity contribution in [3.63, 3.8) is 0 Å². The van der Waals surface area contributed by atoms with Crippen LogP contribution in [0.25, 0.3) is 0 Å². The quantitative estimate of drug-likeness (QED) is 0.712. The molecule has 7 heteroatoms. The molecular formula is C20H15ClFN3O2. The molecule has 3 aromatic rings. The van der Waals surface area contributed by atoms with Crippen LogP contribution in [-0.4, -0.2) is 18.0 Å². The van der Waals surface area contributed by atoms with Gasteiger partial charge in [0.1, 0.15) is 11.6 Å². The van der Waals surface area contributed by atoms with E-state index < -0.39 is 12.0 Å². The largest absolute Gasteiger partial charge is 0.497 e. The number of carbonyl (C=O) groups is 1. The number of rotatable bonds is 4. The molecule has 5 nitrogen and oxygen atoms in total. The van der Waals surface area contributed by atoms with Crippen molar-refractivity contribution in [2.24, 2.45) is 0 Å². The first-order chi connectivity index (χ1) is 13.1. The molecule has 1 amide bonds. The second kappa shape index (κ2) is 6.89. The predicted molar refractivity (Wildman–Crippen MR) is 102 cm³/mol. The van der Waals surface area contributed by atoms with Crippen molar-refractivity contribution in [2.75, 3.05) is 17.3 Å². The van der Waals surface area contributed by atoms with Crippen molar-refractivity contribution in [3.8, 4) is 5.75 Å². The van der Waals surface area contributed by atoms with Crippen LogP contribution < -0.4 is 15.0 Å². The van der Waals surface area contributed by atoms with Crippen LogP contribution in [0.5, 0.6) is 5.75 Å². The lowest BCUT2D eigenvalue weighted by Crippen LogP contribution is -2.32. The van der Waals surface area contributed by atoms with E-state index in [4.69, 9.17) is 16.3 Å². The van der Waals surface area contributed by atoms with Gasteiger partial charge in [-0.15, -0.1) is 0 Å². The molecule has 0 saturated carbocycles. The number of nitrogens with one attached hydrogen (secondary N) is 1. The number of nitrogens with zero attached hydrogens (tertiary/aromatic N) is 2. The number of hydrogen-bond donors (Lipinski definition) is 1. The van der Waals surface area contributed by atoms with Gasteiger partial charge in [0.2, 0.25) is 0 Å². The van der Waals surface area contributed by atoms with Crippen LogP contribution in [0.15, 0.2) is 60.8 Å². The third-order valence-electron chi connectivity index (χ3n) is 4.38. The topological polar surface area (TPSA) is 54.5 Å². The summed E-state index contributed by atoms with van der Waals surface area (Å²) in [5.74, 6) is 0.0140. The van der Waals surface area contributed by atoms with Gasteiger partial charge in [0.05, 0.1) is 23.4 Å². The van der Waals surface area contributed by atoms with Gasteiger partial charge in [-0.2, -0.15) is 0 Å². The van der Waals surface area contributed by atoms with E-state index in [9.17, 15) is 9.18 Å². The molecule has 0 radical (unpaired) electrons. The highest BCUT2D eigenvalue weighted by Crippen LogP contribution is 2.37. The summed E-state index contributed by atoms with van der Waals surface area (Å²) in [6.45, 7) is 0. The van der Waals surface area contributed by atoms with Crippen LogP contribution in [-0.2, 0) is 0 Å². The van der Waals surface area contributed by atoms with Crippen LogP contribution >= 0.6 is 11.6 Å². The molecule has 0 fully saturated rings. The summed E-state index contributed by atoms with van der Waals surface area (Å²) >= 11 is 5.89. The average Bonchev–Trinajstić information content (AvgIpc) is 2.97. The molecule has 0 bridgehead atoms. The maximum Gasteiger partial charge on any atom is 0.262 e. The van der Waals surface area contributed by atoms with Gasteiger partial charge < -0.3 is 10.1 Å². The lowest BCUT2D eigenvalue weighted by molar-refractivity contribution is 0.0993. The summed E-state index contributed by atoms with van der Waals surface area (Å²) in [7, 11) is 1.58. The monoisotopic (exact) mass is 383 g/mol. The number of fused-ring (bicyclic) bond motifs is 1. The van der Waals surface area contributed by atoms with Crippen LogP contribution in [0, 0.1) is 5.82 Å². The average molecular weight is 384 g/mol. The van der Waals surface area contributed by atoms with E-state index in [1.54, 1.807) is 60.7 Å². The molecule has 2 aromatic carbocycles. The van der Waals surface area contributed by atoms with Gasteiger partial charge in [0.15, 0.2) is 6.17 Å². The van der Waals surface area contributed by atoms with Crippen molar-refractivity contribution in [3.05, 3.63) is 82.9 Å². The first-order valence-corrected chi connectivity index (χ1v) is 8.60. The molecule has 0 spiro atoms. The summed E-state index contributed by atoms with van der Waals surface area (Å²) in [5, 5.41) is 3.23. The van der Waals surface area contributed by atoms with E-state index in [1.165, 1.54) is 12.1 Å². The Morgan fingerprint density at radius 2 is 1.96 bits per heavy atom. The summed E-state index contributed by atoms with van der Waals surface area (Å²) in [5.41, 5.74) is 2.37. The third-order valence-corrected chi connectivity index (χ3v) is 4.67. The standard InChI is InChI=1S/C20H15ClFN3O2/c1-27-14-7-5-13(6-8-14)25-19(18-15(20(25)26)3-2-10-23-18)24-12-4-9-17(22)16(21)11-12/h2-11,19,24H,1H3. The Kier molecular flexibility index (Phi) is 4.41. The van der Waals surface area contributed by atoms with Crippen molar-refractivity contribution < 1.29 is 13.9 Å². The van der Waals surface area contributed by atoms with Gasteiger partial charge in [0, 0.05) is 17.6 Å². The highest BCUT2D eigenvalue weighted by molar-refractivity contribution is 6.31. The third kappa shape index (κ3) is 3.08. The minimum absolute atomic E-state index is 0.00145. The predicted octanol–water partition coefficient (Wildman–Crippen LogP) is 4.65. The molecule has 1 aliphatic rings. The van der Waals surface area contributed by atoms with Crippen LogP contribution in [0.3, 0.4) is 0 Å². The van der Waals surface area contributed by atoms with Crippen LogP contribution in [0.1, 0.15) is 22.2 Å². The maximum absolute atomic E-state index is 13.5. The molecule has 0 aliphatic carbocycles. The fourth-order valence-corrected chi connectivity index (χ4v) is 3.25. The van der Waals surface area contributed by atoms with Gasteiger partial charge in [0.25, 0.3) is 5.91 Å². The number of benzene rings is 2. The van der Waals surface area contributed by atoms with E-state index in [-0.39, 0.29) is 10.9 Å². The fourth-order valence-electron chi connectivity index (χ4n) is 3.07. The van der Waals surface area contributed by atoms with Gasteiger partial charge in [-0.05, 0) is 54.6 Å². The normalized spacial score (nSPS) is 15.6. The number of amides is 1. The molecule has 27 heavy (non-hydrogen) atoms. The minimum Gasteiger partial charge on any atom is -0.497 e. The smallest absolute Gasteiger partial charge is 0.262 e. The highest BCUT2D eigenvalue weighted by Gasteiger charge is 2.39. The van der Waals surface area contributed by atoms with E-state index in [0.717, 1.165) is 0 Å². The fraction of sp³-hybridized carbons (Fsp3) is 0.100. The van der Waals surface area contributed by atoms with E-state index in [2.05, 4.69) is 10.3 Å². The molecule has 0 saturated heterocycles. The lowest BCUT2D eigenvalue weighted by Gasteiger charge is -2.26. The first kappa shape index (κ1) is 17.3. The number of halogens is 2. The molecule has 1 aromatic heterocycles. The van der Waals surface area contributed by atoms with E-state index >= 15 is 0 Å². The summed E-state index contributed by atoms with van der Waals surface area (Å²) in [4.78, 5) is 19.0. The van der Waals surface area contributed by atoms with Crippen molar-refractivity contribution in [1.29, 1.82) is 0 Å². The van der Waals surface area contributed by atoms with Crippen molar-refractivity contribution >= 4 is 28.9 Å². The zero-order valence-corrected chi connectivity index (χ0v) is 15.1. The number of pyridine rings is 1.